The lowest BCUT2D eigenvalue weighted by molar-refractivity contribution is -0.871. The second-order valence-electron chi connectivity index (χ2n) is 6.07. The maximum Gasteiger partial charge on any atom is 0.305 e. The summed E-state index contributed by atoms with van der Waals surface area (Å²) in [5, 5.41) is 12.4. The Morgan fingerprint density at radius 1 is 1.26 bits per heavy atom. The number of nitrogens with zero attached hydrogens (tertiary/aromatic N) is 1. The molecule has 0 aliphatic heterocycles. The van der Waals surface area contributed by atoms with Crippen LogP contribution in [0.4, 0.5) is 0 Å². The molecule has 2 N–H and O–H groups in total. The van der Waals surface area contributed by atoms with Gasteiger partial charge < -0.3 is 14.9 Å². The highest BCUT2D eigenvalue weighted by molar-refractivity contribution is 5.67. The maximum atomic E-state index is 11.0. The molecule has 106 valence electrons. The van der Waals surface area contributed by atoms with Crippen LogP contribution in [0.5, 0.6) is 0 Å². The third-order valence-electron chi connectivity index (χ3n) is 2.97. The van der Waals surface area contributed by atoms with Crippen molar-refractivity contribution in [1.29, 1.82) is 0 Å². The van der Waals surface area contributed by atoms with Crippen molar-refractivity contribution >= 4 is 5.97 Å². The minimum atomic E-state index is -0.758. The Morgan fingerprint density at radius 2 is 1.84 bits per heavy atom. The molecule has 1 rings (SSSR count). The molecular formula is C15H25N2O2+. The Labute approximate surface area is 115 Å². The monoisotopic (exact) mass is 265 g/mol. The van der Waals surface area contributed by atoms with Crippen LogP contribution in [-0.2, 0) is 4.79 Å². The zero-order chi connectivity index (χ0) is 14.5. The van der Waals surface area contributed by atoms with E-state index < -0.39 is 5.97 Å². The van der Waals surface area contributed by atoms with E-state index in [1.54, 1.807) is 0 Å². The molecule has 0 bridgehead atoms. The van der Waals surface area contributed by atoms with Crippen LogP contribution in [0, 0.1) is 0 Å². The van der Waals surface area contributed by atoms with Gasteiger partial charge in [-0.05, 0) is 12.5 Å². The van der Waals surface area contributed by atoms with Crippen molar-refractivity contribution in [3.63, 3.8) is 0 Å². The molecule has 2 atom stereocenters. The number of likely N-dealkylation sites (N-methyl/N-ethyl adjacent to an activating group) is 1. The first-order chi connectivity index (χ1) is 8.78. The van der Waals surface area contributed by atoms with Gasteiger partial charge in [0.25, 0.3) is 0 Å². The first kappa shape index (κ1) is 15.7. The molecule has 0 fully saturated rings. The van der Waals surface area contributed by atoms with Crippen molar-refractivity contribution in [2.45, 2.75) is 25.4 Å². The highest BCUT2D eigenvalue weighted by Gasteiger charge is 2.22. The van der Waals surface area contributed by atoms with E-state index in [9.17, 15) is 4.79 Å². The Kier molecular flexibility index (Phi) is 5.51. The van der Waals surface area contributed by atoms with Gasteiger partial charge in [0.2, 0.25) is 0 Å². The Bertz CT molecular complexity index is 398. The van der Waals surface area contributed by atoms with E-state index in [-0.39, 0.29) is 18.5 Å². The molecule has 0 aliphatic carbocycles. The molecule has 0 aromatic heterocycles. The lowest BCUT2D eigenvalue weighted by Crippen LogP contribution is -2.48. The summed E-state index contributed by atoms with van der Waals surface area (Å²) in [7, 11) is 6.22. The molecule has 19 heavy (non-hydrogen) atoms. The van der Waals surface area contributed by atoms with Gasteiger partial charge in [-0.25, -0.2) is 0 Å². The van der Waals surface area contributed by atoms with Gasteiger partial charge in [-0.1, -0.05) is 30.3 Å². The number of quaternary nitrogens is 1. The van der Waals surface area contributed by atoms with E-state index in [0.29, 0.717) is 0 Å². The van der Waals surface area contributed by atoms with Gasteiger partial charge in [0, 0.05) is 6.04 Å². The fraction of sp³-hybridized carbons (Fsp3) is 0.533. The first-order valence-electron chi connectivity index (χ1n) is 6.61. The van der Waals surface area contributed by atoms with Crippen LogP contribution in [0.2, 0.25) is 0 Å². The smallest absolute Gasteiger partial charge is 0.305 e. The standard InChI is InChI=1S/C15H24N2O2/c1-12(13-8-6-5-7-9-13)16-14(10-15(18)19)11-17(2,3)4/h5-9,12,14,16H,10-11H2,1-4H3/p+1/t12-,14+/m0/s1. The lowest BCUT2D eigenvalue weighted by Gasteiger charge is -2.31. The van der Waals surface area contributed by atoms with Crippen molar-refractivity contribution in [2.24, 2.45) is 0 Å². The van der Waals surface area contributed by atoms with E-state index >= 15 is 0 Å². The largest absolute Gasteiger partial charge is 0.481 e. The van der Waals surface area contributed by atoms with Crippen molar-refractivity contribution in [3.05, 3.63) is 35.9 Å². The van der Waals surface area contributed by atoms with Crippen LogP contribution in [0.3, 0.4) is 0 Å². The van der Waals surface area contributed by atoms with E-state index in [4.69, 9.17) is 5.11 Å². The second-order valence-corrected chi connectivity index (χ2v) is 6.07. The van der Waals surface area contributed by atoms with Crippen molar-refractivity contribution < 1.29 is 14.4 Å². The third kappa shape index (κ3) is 6.36. The molecule has 4 heteroatoms. The molecule has 0 amide bonds. The van der Waals surface area contributed by atoms with Crippen molar-refractivity contribution in [2.75, 3.05) is 27.7 Å². The van der Waals surface area contributed by atoms with E-state index in [2.05, 4.69) is 45.5 Å². The molecule has 0 aliphatic rings. The van der Waals surface area contributed by atoms with Crippen LogP contribution >= 0.6 is 0 Å². The van der Waals surface area contributed by atoms with Crippen LogP contribution in [0.25, 0.3) is 0 Å². The summed E-state index contributed by atoms with van der Waals surface area (Å²) in [6.45, 7) is 2.85. The fourth-order valence-corrected chi connectivity index (χ4v) is 2.24. The predicted molar refractivity (Wildman–Crippen MR) is 76.9 cm³/mol. The lowest BCUT2D eigenvalue weighted by atomic mass is 10.1. The molecule has 0 heterocycles. The van der Waals surface area contributed by atoms with E-state index in [0.717, 1.165) is 11.0 Å². The van der Waals surface area contributed by atoms with Gasteiger partial charge in [0.15, 0.2) is 0 Å². The predicted octanol–water partition coefficient (Wildman–Crippen LogP) is 1.89. The summed E-state index contributed by atoms with van der Waals surface area (Å²) < 4.78 is 0.743. The minimum Gasteiger partial charge on any atom is -0.481 e. The molecule has 0 saturated carbocycles. The summed E-state index contributed by atoms with van der Waals surface area (Å²) >= 11 is 0. The van der Waals surface area contributed by atoms with Crippen LogP contribution in [0.1, 0.15) is 24.9 Å². The quantitative estimate of drug-likeness (QED) is 0.740. The summed E-state index contributed by atoms with van der Waals surface area (Å²) in [4.78, 5) is 11.0. The number of carboxylic acids is 1. The number of nitrogens with one attached hydrogen (secondary N) is 1. The van der Waals surface area contributed by atoms with Crippen LogP contribution < -0.4 is 5.32 Å². The third-order valence-corrected chi connectivity index (χ3v) is 2.97. The second kappa shape index (κ2) is 6.68. The highest BCUT2D eigenvalue weighted by atomic mass is 16.4. The number of carboxylic acid groups (broad SMARTS) is 1. The van der Waals surface area contributed by atoms with Gasteiger partial charge in [-0.3, -0.25) is 4.79 Å². The normalized spacial score (nSPS) is 14.9. The number of benzene rings is 1. The average Bonchev–Trinajstić information content (AvgIpc) is 2.26. The van der Waals surface area contributed by atoms with Crippen LogP contribution in [-0.4, -0.2) is 49.3 Å². The van der Waals surface area contributed by atoms with Gasteiger partial charge in [-0.15, -0.1) is 0 Å². The molecular weight excluding hydrogens is 240 g/mol. The summed E-state index contributed by atoms with van der Waals surface area (Å²) in [5.41, 5.74) is 1.18. The van der Waals surface area contributed by atoms with E-state index in [1.807, 2.05) is 18.2 Å². The number of hydrogen-bond acceptors (Lipinski definition) is 2. The summed E-state index contributed by atoms with van der Waals surface area (Å²) in [6.07, 6.45) is 0.146. The topological polar surface area (TPSA) is 49.3 Å². The Hall–Kier alpha value is -1.39. The molecule has 0 spiro atoms. The average molecular weight is 265 g/mol. The molecule has 0 radical (unpaired) electrons. The van der Waals surface area contributed by atoms with E-state index in [1.165, 1.54) is 5.56 Å². The molecule has 4 nitrogen and oxygen atoms in total. The van der Waals surface area contributed by atoms with Gasteiger partial charge in [0.05, 0.1) is 40.2 Å². The van der Waals surface area contributed by atoms with Gasteiger partial charge in [0.1, 0.15) is 0 Å². The molecule has 1 aromatic rings. The van der Waals surface area contributed by atoms with Crippen molar-refractivity contribution in [1.82, 2.24) is 5.32 Å². The number of carbonyl (C=O) groups is 1. The fourth-order valence-electron chi connectivity index (χ4n) is 2.24. The number of rotatable bonds is 7. The Balaban J connectivity index is 2.68. The number of aliphatic carboxylic acids is 1. The van der Waals surface area contributed by atoms with Crippen molar-refractivity contribution in [3.8, 4) is 0 Å². The summed E-state index contributed by atoms with van der Waals surface area (Å²) in [5.74, 6) is -0.758. The Morgan fingerprint density at radius 3 is 2.32 bits per heavy atom. The molecule has 1 aromatic carbocycles. The SMILES string of the molecule is C[C@H](N[C@H](CC(=O)O)C[N+](C)(C)C)c1ccccc1. The van der Waals surface area contributed by atoms with Crippen LogP contribution in [0.15, 0.2) is 30.3 Å². The van der Waals surface area contributed by atoms with Gasteiger partial charge >= 0.3 is 5.97 Å². The highest BCUT2D eigenvalue weighted by Crippen LogP contribution is 2.13. The minimum absolute atomic E-state index is 0.0345. The van der Waals surface area contributed by atoms with Gasteiger partial charge in [-0.2, -0.15) is 0 Å². The first-order valence-corrected chi connectivity index (χ1v) is 6.61. The maximum absolute atomic E-state index is 11.0. The zero-order valence-electron chi connectivity index (χ0n) is 12.3. The number of hydrogen-bond donors (Lipinski definition) is 2. The molecule has 0 saturated heterocycles. The molecule has 0 unspecified atom stereocenters. The summed E-state index contributed by atoms with van der Waals surface area (Å²) in [6, 6.07) is 10.2. The zero-order valence-corrected chi connectivity index (χ0v) is 12.3.